The van der Waals surface area contributed by atoms with Crippen LogP contribution in [0.4, 0.5) is 5.69 Å². The van der Waals surface area contributed by atoms with Crippen molar-refractivity contribution in [2.75, 3.05) is 18.1 Å². The Morgan fingerprint density at radius 1 is 1.14 bits per heavy atom. The smallest absolute Gasteiger partial charge is 0.254 e. The summed E-state index contributed by atoms with van der Waals surface area (Å²) in [6, 6.07) is 16.7. The van der Waals surface area contributed by atoms with Gasteiger partial charge in [0.15, 0.2) is 0 Å². The Balaban J connectivity index is 1.60. The number of hydrogen-bond donors (Lipinski definition) is 1. The lowest BCUT2D eigenvalue weighted by molar-refractivity contribution is -0.138. The lowest BCUT2D eigenvalue weighted by Gasteiger charge is -2.41. The lowest BCUT2D eigenvalue weighted by Crippen LogP contribution is -2.64. The van der Waals surface area contributed by atoms with Crippen LogP contribution in [0.15, 0.2) is 60.8 Å². The topological polar surface area (TPSA) is 80.8 Å². The molecule has 2 aliphatic rings. The Kier molecular flexibility index (Phi) is 6.43. The number of aromatic nitrogens is 1. The van der Waals surface area contributed by atoms with Gasteiger partial charge in [0, 0.05) is 30.3 Å². The SMILES string of the molecule is CC[C@@H](C)C(=O)N[C@@H]1C(=O)N(Cc2cccc3ncccc23)c2ccccc2OC12CCOCC2. The molecule has 0 bridgehead atoms. The zero-order valence-corrected chi connectivity index (χ0v) is 20.2. The number of anilines is 1. The van der Waals surface area contributed by atoms with Crippen molar-refractivity contribution in [2.24, 2.45) is 5.92 Å². The molecule has 3 heterocycles. The lowest BCUT2D eigenvalue weighted by atomic mass is 9.84. The molecule has 2 amide bonds. The van der Waals surface area contributed by atoms with E-state index in [1.807, 2.05) is 68.4 Å². The van der Waals surface area contributed by atoms with Crippen LogP contribution in [0.1, 0.15) is 38.7 Å². The number of ether oxygens (including phenoxy) is 2. The highest BCUT2D eigenvalue weighted by Crippen LogP contribution is 2.41. The molecule has 2 aromatic carbocycles. The summed E-state index contributed by atoms with van der Waals surface area (Å²) < 4.78 is 12.3. The highest BCUT2D eigenvalue weighted by molar-refractivity contribution is 6.02. The third-order valence-electron chi connectivity index (χ3n) is 7.26. The molecule has 0 radical (unpaired) electrons. The Morgan fingerprint density at radius 3 is 2.74 bits per heavy atom. The molecule has 0 unspecified atom stereocenters. The van der Waals surface area contributed by atoms with Crippen LogP contribution in [0.25, 0.3) is 10.9 Å². The molecule has 35 heavy (non-hydrogen) atoms. The summed E-state index contributed by atoms with van der Waals surface area (Å²) in [6.07, 6.45) is 3.49. The minimum Gasteiger partial charge on any atom is -0.482 e. The summed E-state index contributed by atoms with van der Waals surface area (Å²) in [5.41, 5.74) is 1.68. The summed E-state index contributed by atoms with van der Waals surface area (Å²) in [6.45, 7) is 5.13. The predicted octanol–water partition coefficient (Wildman–Crippen LogP) is 4.24. The van der Waals surface area contributed by atoms with Gasteiger partial charge in [0.2, 0.25) is 5.91 Å². The molecular weight excluding hydrogens is 442 g/mol. The van der Waals surface area contributed by atoms with Crippen molar-refractivity contribution in [2.45, 2.75) is 51.3 Å². The maximum atomic E-state index is 14.3. The van der Waals surface area contributed by atoms with E-state index in [9.17, 15) is 9.59 Å². The first-order valence-electron chi connectivity index (χ1n) is 12.3. The first kappa shape index (κ1) is 23.3. The fourth-order valence-electron chi connectivity index (χ4n) is 4.95. The third-order valence-corrected chi connectivity index (χ3v) is 7.26. The Bertz CT molecular complexity index is 1230. The van der Waals surface area contributed by atoms with Gasteiger partial charge in [0.25, 0.3) is 5.91 Å². The second-order valence-corrected chi connectivity index (χ2v) is 9.41. The van der Waals surface area contributed by atoms with Crippen molar-refractivity contribution in [1.29, 1.82) is 0 Å². The minimum absolute atomic E-state index is 0.138. The van der Waals surface area contributed by atoms with Gasteiger partial charge in [0.05, 0.1) is 31.0 Å². The van der Waals surface area contributed by atoms with Crippen LogP contribution in [0.2, 0.25) is 0 Å². The highest BCUT2D eigenvalue weighted by atomic mass is 16.5. The summed E-state index contributed by atoms with van der Waals surface area (Å²) in [5, 5.41) is 4.08. The van der Waals surface area contributed by atoms with Gasteiger partial charge in [-0.25, -0.2) is 0 Å². The van der Waals surface area contributed by atoms with E-state index < -0.39 is 11.6 Å². The van der Waals surface area contributed by atoms with Crippen LogP contribution in [0.3, 0.4) is 0 Å². The normalized spacial score (nSPS) is 20.1. The number of carbonyl (C=O) groups is 2. The molecule has 1 spiro atoms. The van der Waals surface area contributed by atoms with Crippen molar-refractivity contribution in [3.8, 4) is 5.75 Å². The molecule has 182 valence electrons. The molecule has 7 nitrogen and oxygen atoms in total. The fourth-order valence-corrected chi connectivity index (χ4v) is 4.95. The van der Waals surface area contributed by atoms with Crippen LogP contribution < -0.4 is 15.0 Å². The molecule has 1 saturated heterocycles. The standard InChI is InChI=1S/C28H31N3O4/c1-3-19(2)26(32)30-25-27(33)31(18-20-8-6-10-22-21(20)9-7-15-29-22)23-11-4-5-12-24(23)35-28(25)13-16-34-17-14-28/h4-12,15,19,25H,3,13-14,16-18H2,1-2H3,(H,30,32)/t19-,25-/m1/s1. The number of carbonyl (C=O) groups excluding carboxylic acids is 2. The van der Waals surface area contributed by atoms with Gasteiger partial charge >= 0.3 is 0 Å². The number of pyridine rings is 1. The number of para-hydroxylation sites is 2. The van der Waals surface area contributed by atoms with Gasteiger partial charge in [-0.15, -0.1) is 0 Å². The van der Waals surface area contributed by atoms with Gasteiger partial charge in [-0.05, 0) is 36.2 Å². The van der Waals surface area contributed by atoms with E-state index >= 15 is 0 Å². The van der Waals surface area contributed by atoms with E-state index in [0.29, 0.717) is 50.5 Å². The van der Waals surface area contributed by atoms with Gasteiger partial charge in [-0.3, -0.25) is 14.6 Å². The van der Waals surface area contributed by atoms with Crippen LogP contribution in [-0.2, 0) is 20.9 Å². The average molecular weight is 474 g/mol. The Labute approximate surface area is 205 Å². The van der Waals surface area contributed by atoms with Crippen LogP contribution in [0.5, 0.6) is 5.75 Å². The van der Waals surface area contributed by atoms with E-state index in [4.69, 9.17) is 9.47 Å². The number of nitrogens with zero attached hydrogens (tertiary/aromatic N) is 2. The maximum Gasteiger partial charge on any atom is 0.254 e. The molecule has 0 saturated carbocycles. The Hall–Kier alpha value is -3.45. The fraction of sp³-hybridized carbons (Fsp3) is 0.393. The summed E-state index contributed by atoms with van der Waals surface area (Å²) in [7, 11) is 0. The molecular formula is C28H31N3O4. The molecule has 0 aliphatic carbocycles. The molecule has 1 N–H and O–H groups in total. The van der Waals surface area contributed by atoms with E-state index in [1.165, 1.54) is 0 Å². The number of hydrogen-bond acceptors (Lipinski definition) is 5. The number of rotatable bonds is 5. The Morgan fingerprint density at radius 2 is 1.94 bits per heavy atom. The quantitative estimate of drug-likeness (QED) is 0.600. The van der Waals surface area contributed by atoms with Crippen LogP contribution in [0, 0.1) is 5.92 Å². The summed E-state index contributed by atoms with van der Waals surface area (Å²) in [5.74, 6) is 0.124. The summed E-state index contributed by atoms with van der Waals surface area (Å²) in [4.78, 5) is 33.6. The number of nitrogens with one attached hydrogen (secondary N) is 1. The number of fused-ring (bicyclic) bond motifs is 2. The van der Waals surface area contributed by atoms with Crippen molar-refractivity contribution in [1.82, 2.24) is 10.3 Å². The maximum absolute atomic E-state index is 14.3. The van der Waals surface area contributed by atoms with Gasteiger partial charge in [0.1, 0.15) is 17.4 Å². The molecule has 2 atom stereocenters. The van der Waals surface area contributed by atoms with Crippen molar-refractivity contribution < 1.29 is 19.1 Å². The van der Waals surface area contributed by atoms with Crippen molar-refractivity contribution >= 4 is 28.4 Å². The first-order valence-corrected chi connectivity index (χ1v) is 12.3. The van der Waals surface area contributed by atoms with Gasteiger partial charge in [-0.2, -0.15) is 0 Å². The monoisotopic (exact) mass is 473 g/mol. The van der Waals surface area contributed by atoms with Crippen LogP contribution >= 0.6 is 0 Å². The molecule has 2 aliphatic heterocycles. The number of amides is 2. The molecule has 7 heteroatoms. The first-order chi connectivity index (χ1) is 17.0. The van der Waals surface area contributed by atoms with E-state index in [-0.39, 0.29) is 17.7 Å². The molecule has 3 aromatic rings. The molecule has 1 fully saturated rings. The molecule has 1 aromatic heterocycles. The second kappa shape index (κ2) is 9.66. The zero-order chi connectivity index (χ0) is 24.4. The average Bonchev–Trinajstić information content (AvgIpc) is 2.98. The van der Waals surface area contributed by atoms with E-state index in [2.05, 4.69) is 10.3 Å². The summed E-state index contributed by atoms with van der Waals surface area (Å²) >= 11 is 0. The highest BCUT2D eigenvalue weighted by Gasteiger charge is 2.51. The van der Waals surface area contributed by atoms with Gasteiger partial charge in [-0.1, -0.05) is 44.2 Å². The minimum atomic E-state index is -0.871. The van der Waals surface area contributed by atoms with E-state index in [1.54, 1.807) is 11.1 Å². The van der Waals surface area contributed by atoms with Crippen LogP contribution in [-0.4, -0.2) is 41.7 Å². The van der Waals surface area contributed by atoms with Gasteiger partial charge < -0.3 is 19.7 Å². The largest absolute Gasteiger partial charge is 0.482 e. The third kappa shape index (κ3) is 4.36. The zero-order valence-electron chi connectivity index (χ0n) is 20.2. The molecule has 5 rings (SSSR count). The van der Waals surface area contributed by atoms with Crippen molar-refractivity contribution in [3.05, 3.63) is 66.4 Å². The number of benzene rings is 2. The van der Waals surface area contributed by atoms with Crippen molar-refractivity contribution in [3.63, 3.8) is 0 Å². The second-order valence-electron chi connectivity index (χ2n) is 9.41. The predicted molar refractivity (Wildman–Crippen MR) is 134 cm³/mol. The van der Waals surface area contributed by atoms with E-state index in [0.717, 1.165) is 16.5 Å².